The molecule has 0 bridgehead atoms. The van der Waals surface area contributed by atoms with Gasteiger partial charge in [-0.1, -0.05) is 30.3 Å². The van der Waals surface area contributed by atoms with Crippen molar-refractivity contribution in [3.8, 4) is 6.07 Å². The molecule has 0 unspecified atom stereocenters. The number of nitriles is 1. The molecule has 0 aliphatic carbocycles. The van der Waals surface area contributed by atoms with Gasteiger partial charge in [-0.15, -0.1) is 0 Å². The Morgan fingerprint density at radius 3 is 2.52 bits per heavy atom. The molecule has 0 fully saturated rings. The molecule has 128 valence electrons. The lowest BCUT2D eigenvalue weighted by Crippen LogP contribution is -2.40. The van der Waals surface area contributed by atoms with Gasteiger partial charge in [0.15, 0.2) is 0 Å². The minimum atomic E-state index is -0.592. The number of carbonyl (C=O) groups excluding carboxylic acids is 1. The predicted molar refractivity (Wildman–Crippen MR) is 94.1 cm³/mol. The van der Waals surface area contributed by atoms with Gasteiger partial charge in [0.2, 0.25) is 5.91 Å². The van der Waals surface area contributed by atoms with Gasteiger partial charge in [0.25, 0.3) is 5.69 Å². The average molecular weight is 338 g/mol. The molecule has 0 aliphatic heterocycles. The number of amides is 1. The summed E-state index contributed by atoms with van der Waals surface area (Å²) in [6.45, 7) is 0. The van der Waals surface area contributed by atoms with E-state index in [1.54, 1.807) is 14.1 Å². The van der Waals surface area contributed by atoms with Gasteiger partial charge in [0.1, 0.15) is 12.1 Å². The molecule has 7 heteroatoms. The van der Waals surface area contributed by atoms with E-state index in [0.717, 1.165) is 5.56 Å². The van der Waals surface area contributed by atoms with Crippen LogP contribution >= 0.6 is 0 Å². The predicted octanol–water partition coefficient (Wildman–Crippen LogP) is 2.58. The summed E-state index contributed by atoms with van der Waals surface area (Å²) in [5.74, 6) is -0.147. The first-order valence-corrected chi connectivity index (χ1v) is 7.62. The Morgan fingerprint density at radius 1 is 1.28 bits per heavy atom. The number of non-ortho nitro benzene ring substituents is 1. The van der Waals surface area contributed by atoms with E-state index in [2.05, 4.69) is 5.32 Å². The quantitative estimate of drug-likeness (QED) is 0.644. The number of likely N-dealkylation sites (N-methyl/N-ethyl adjacent to an activating group) is 1. The summed E-state index contributed by atoms with van der Waals surface area (Å²) in [4.78, 5) is 24.3. The van der Waals surface area contributed by atoms with E-state index in [-0.39, 0.29) is 17.2 Å². The molecule has 0 saturated carbocycles. The molecule has 7 nitrogen and oxygen atoms in total. The topological polar surface area (TPSA) is 99.3 Å². The molecule has 2 aromatic carbocycles. The van der Waals surface area contributed by atoms with Gasteiger partial charge >= 0.3 is 0 Å². The number of benzene rings is 2. The zero-order valence-electron chi connectivity index (χ0n) is 14.0. The second-order valence-electron chi connectivity index (χ2n) is 5.72. The largest absolute Gasteiger partial charge is 0.372 e. The second-order valence-corrected chi connectivity index (χ2v) is 5.72. The lowest BCUT2D eigenvalue weighted by atomic mass is 10.0. The van der Waals surface area contributed by atoms with E-state index >= 15 is 0 Å². The van der Waals surface area contributed by atoms with Gasteiger partial charge in [0.05, 0.1) is 16.2 Å². The molecule has 0 spiro atoms. The molecular formula is C18H18N4O3. The monoisotopic (exact) mass is 338 g/mol. The van der Waals surface area contributed by atoms with Gasteiger partial charge in [0, 0.05) is 32.6 Å². The van der Waals surface area contributed by atoms with Crippen molar-refractivity contribution < 1.29 is 9.72 Å². The van der Waals surface area contributed by atoms with Gasteiger partial charge in [-0.25, -0.2) is 0 Å². The Morgan fingerprint density at radius 2 is 1.96 bits per heavy atom. The smallest absolute Gasteiger partial charge is 0.270 e. The minimum absolute atomic E-state index is 0.124. The molecular weight excluding hydrogens is 320 g/mol. The normalized spacial score (nSPS) is 11.2. The van der Waals surface area contributed by atoms with Crippen LogP contribution in [0.4, 0.5) is 11.4 Å². The summed E-state index contributed by atoms with van der Waals surface area (Å²) in [7, 11) is 3.31. The molecule has 0 aromatic heterocycles. The van der Waals surface area contributed by atoms with Crippen molar-refractivity contribution in [2.75, 3.05) is 19.4 Å². The third-order valence-electron chi connectivity index (χ3n) is 3.69. The van der Waals surface area contributed by atoms with Crippen LogP contribution in [0.5, 0.6) is 0 Å². The fourth-order valence-corrected chi connectivity index (χ4v) is 2.41. The van der Waals surface area contributed by atoms with Crippen molar-refractivity contribution in [3.63, 3.8) is 0 Å². The number of nitro groups is 1. The van der Waals surface area contributed by atoms with Crippen molar-refractivity contribution in [2.24, 2.45) is 0 Å². The van der Waals surface area contributed by atoms with Crippen LogP contribution in [-0.2, 0) is 11.2 Å². The summed E-state index contributed by atoms with van der Waals surface area (Å²) in [5, 5.41) is 23.2. The molecule has 2 aromatic rings. The van der Waals surface area contributed by atoms with E-state index in [0.29, 0.717) is 12.1 Å². The van der Waals surface area contributed by atoms with E-state index in [9.17, 15) is 20.2 Å². The first kappa shape index (κ1) is 17.9. The van der Waals surface area contributed by atoms with Gasteiger partial charge in [-0.2, -0.15) is 5.26 Å². The fourth-order valence-electron chi connectivity index (χ4n) is 2.41. The Kier molecular flexibility index (Phi) is 5.69. The lowest BCUT2D eigenvalue weighted by Gasteiger charge is -2.23. The Bertz CT molecular complexity index is 813. The molecule has 1 atom stereocenters. The highest BCUT2D eigenvalue weighted by Gasteiger charge is 2.22. The molecule has 1 N–H and O–H groups in total. The number of anilines is 1. The third kappa shape index (κ3) is 4.54. The minimum Gasteiger partial charge on any atom is -0.372 e. The van der Waals surface area contributed by atoms with Gasteiger partial charge in [-0.05, 0) is 11.6 Å². The van der Waals surface area contributed by atoms with Crippen molar-refractivity contribution in [1.29, 1.82) is 5.26 Å². The highest BCUT2D eigenvalue weighted by molar-refractivity contribution is 5.85. The third-order valence-corrected chi connectivity index (χ3v) is 3.69. The summed E-state index contributed by atoms with van der Waals surface area (Å²) in [6, 6.07) is 14.8. The van der Waals surface area contributed by atoms with Crippen LogP contribution in [0.3, 0.4) is 0 Å². The lowest BCUT2D eigenvalue weighted by molar-refractivity contribution is -0.384. The van der Waals surface area contributed by atoms with Crippen LogP contribution in [0.1, 0.15) is 11.1 Å². The van der Waals surface area contributed by atoms with Crippen molar-refractivity contribution in [2.45, 2.75) is 12.5 Å². The molecule has 0 aliphatic rings. The van der Waals surface area contributed by atoms with E-state index in [1.165, 1.54) is 23.1 Å². The van der Waals surface area contributed by atoms with Crippen molar-refractivity contribution in [1.82, 2.24) is 4.90 Å². The maximum absolute atomic E-state index is 12.5. The first-order chi connectivity index (χ1) is 11.9. The van der Waals surface area contributed by atoms with E-state index in [4.69, 9.17) is 0 Å². The van der Waals surface area contributed by atoms with Crippen LogP contribution in [0.15, 0.2) is 48.5 Å². The number of nitrogens with one attached hydrogen (secondary N) is 1. The van der Waals surface area contributed by atoms with Crippen LogP contribution in [0.2, 0.25) is 0 Å². The SMILES string of the molecule is CN(C)C(=O)[C@@H](Cc1ccccc1)Nc1ccc([N+](=O)[O-])cc1C#N. The van der Waals surface area contributed by atoms with Crippen LogP contribution in [0.25, 0.3) is 0 Å². The molecule has 2 rings (SSSR count). The number of hydrogen-bond donors (Lipinski definition) is 1. The molecule has 0 saturated heterocycles. The van der Waals surface area contributed by atoms with Gasteiger partial charge < -0.3 is 10.2 Å². The zero-order valence-corrected chi connectivity index (χ0v) is 14.0. The summed E-state index contributed by atoms with van der Waals surface area (Å²) in [6.07, 6.45) is 0.430. The maximum atomic E-state index is 12.5. The molecule has 0 heterocycles. The Hall–Kier alpha value is -3.40. The van der Waals surface area contributed by atoms with Crippen LogP contribution in [-0.4, -0.2) is 35.9 Å². The number of rotatable bonds is 6. The van der Waals surface area contributed by atoms with Crippen molar-refractivity contribution in [3.05, 3.63) is 69.8 Å². The molecule has 1 amide bonds. The Labute approximate surface area is 145 Å². The summed E-state index contributed by atoms with van der Waals surface area (Å²) in [5.41, 5.74) is 1.32. The van der Waals surface area contributed by atoms with Gasteiger partial charge in [-0.3, -0.25) is 14.9 Å². The standard InChI is InChI=1S/C18H18N4O3/c1-21(2)18(23)17(10-13-6-4-3-5-7-13)20-16-9-8-15(22(24)25)11-14(16)12-19/h3-9,11,17,20H,10H2,1-2H3/t17-/m1/s1. The highest BCUT2D eigenvalue weighted by Crippen LogP contribution is 2.23. The number of nitro benzene ring substituents is 1. The fraction of sp³-hybridized carbons (Fsp3) is 0.222. The summed E-state index contributed by atoms with van der Waals surface area (Å²) >= 11 is 0. The first-order valence-electron chi connectivity index (χ1n) is 7.62. The van der Waals surface area contributed by atoms with E-state index in [1.807, 2.05) is 36.4 Å². The number of hydrogen-bond acceptors (Lipinski definition) is 5. The van der Waals surface area contributed by atoms with Crippen LogP contribution < -0.4 is 5.32 Å². The molecule has 25 heavy (non-hydrogen) atoms. The number of nitrogens with zero attached hydrogens (tertiary/aromatic N) is 3. The number of carbonyl (C=O) groups is 1. The molecule has 0 radical (unpaired) electrons. The summed E-state index contributed by atoms with van der Waals surface area (Å²) < 4.78 is 0. The average Bonchev–Trinajstić information content (AvgIpc) is 2.61. The maximum Gasteiger partial charge on any atom is 0.270 e. The van der Waals surface area contributed by atoms with E-state index < -0.39 is 11.0 Å². The second kappa shape index (κ2) is 7.93. The van der Waals surface area contributed by atoms with Crippen LogP contribution in [0, 0.1) is 21.4 Å². The highest BCUT2D eigenvalue weighted by atomic mass is 16.6. The Balaban J connectivity index is 2.32. The van der Waals surface area contributed by atoms with Crippen molar-refractivity contribution >= 4 is 17.3 Å². The zero-order chi connectivity index (χ0) is 18.4.